The topological polar surface area (TPSA) is 46.5 Å². The second kappa shape index (κ2) is 4.16. The molecule has 0 saturated carbocycles. The van der Waals surface area contributed by atoms with E-state index in [4.69, 9.17) is 5.11 Å². The molecule has 0 saturated heterocycles. The average molecular weight is 154 g/mol. The fourth-order valence-corrected chi connectivity index (χ4v) is 0.334. The Balaban J connectivity index is 3.71. The highest BCUT2D eigenvalue weighted by Crippen LogP contribution is 2.02. The Bertz CT molecular complexity index is 115. The van der Waals surface area contributed by atoms with Crippen LogP contribution in [0.25, 0.3) is 0 Å². The van der Waals surface area contributed by atoms with Crippen molar-refractivity contribution in [2.75, 3.05) is 6.61 Å². The zero-order valence-electron chi connectivity index (χ0n) is 5.38. The normalized spacial score (nSPS) is 16.0. The largest absolute Gasteiger partial charge is 0.464 e. The predicted molar refractivity (Wildman–Crippen MR) is 28.6 cm³/mol. The molecule has 60 valence electrons. The van der Waals surface area contributed by atoms with Gasteiger partial charge in [-0.1, -0.05) is 0 Å². The summed E-state index contributed by atoms with van der Waals surface area (Å²) in [4.78, 5) is 10.2. The first-order valence-electron chi connectivity index (χ1n) is 2.72. The molecule has 5 heteroatoms. The van der Waals surface area contributed by atoms with Gasteiger partial charge in [0.1, 0.15) is 0 Å². The first kappa shape index (κ1) is 9.29. The van der Waals surface area contributed by atoms with Crippen LogP contribution in [0.5, 0.6) is 0 Å². The summed E-state index contributed by atoms with van der Waals surface area (Å²) in [7, 11) is 0. The molecule has 0 aliphatic heterocycles. The van der Waals surface area contributed by atoms with Gasteiger partial charge in [0.05, 0.1) is 6.61 Å². The molecule has 2 atom stereocenters. The van der Waals surface area contributed by atoms with Gasteiger partial charge in [0.15, 0.2) is 0 Å². The van der Waals surface area contributed by atoms with Gasteiger partial charge < -0.3 is 9.84 Å². The van der Waals surface area contributed by atoms with Crippen LogP contribution in [0.1, 0.15) is 6.92 Å². The minimum absolute atomic E-state index is 0.0357. The summed E-state index contributed by atoms with van der Waals surface area (Å²) in [5.41, 5.74) is 0. The van der Waals surface area contributed by atoms with Crippen molar-refractivity contribution in [3.05, 3.63) is 0 Å². The van der Waals surface area contributed by atoms with E-state index >= 15 is 0 Å². The molecule has 0 heterocycles. The van der Waals surface area contributed by atoms with Crippen LogP contribution in [-0.4, -0.2) is 30.2 Å². The maximum Gasteiger partial charge on any atom is 0.346 e. The maximum atomic E-state index is 12.0. The first-order chi connectivity index (χ1) is 4.59. The lowest BCUT2D eigenvalue weighted by atomic mass is 10.4. The van der Waals surface area contributed by atoms with Gasteiger partial charge in [-0.3, -0.25) is 0 Å². The number of hydrogen-bond donors (Lipinski definition) is 1. The predicted octanol–water partition coefficient (Wildman–Crippen LogP) is 0.176. The Labute approximate surface area is 56.6 Å². The maximum absolute atomic E-state index is 12.0. The molecule has 0 aliphatic carbocycles. The molecule has 0 aromatic carbocycles. The van der Waals surface area contributed by atoms with E-state index in [1.807, 2.05) is 0 Å². The highest BCUT2D eigenvalue weighted by Gasteiger charge is 2.27. The highest BCUT2D eigenvalue weighted by molar-refractivity contribution is 5.74. The van der Waals surface area contributed by atoms with Crippen LogP contribution in [0.15, 0.2) is 0 Å². The number of carbonyl (C=O) groups is 1. The van der Waals surface area contributed by atoms with E-state index in [0.29, 0.717) is 0 Å². The van der Waals surface area contributed by atoms with Crippen molar-refractivity contribution < 1.29 is 23.4 Å². The first-order valence-corrected chi connectivity index (χ1v) is 2.72. The number of rotatable bonds is 3. The minimum Gasteiger partial charge on any atom is -0.464 e. The van der Waals surface area contributed by atoms with E-state index in [1.54, 1.807) is 0 Å². The van der Waals surface area contributed by atoms with Gasteiger partial charge in [-0.15, -0.1) is 0 Å². The number of aliphatic hydroxyl groups is 1. The number of halogens is 2. The summed E-state index contributed by atoms with van der Waals surface area (Å²) in [6, 6.07) is 0. The van der Waals surface area contributed by atoms with Gasteiger partial charge in [-0.05, 0) is 6.92 Å². The molecule has 0 rings (SSSR count). The smallest absolute Gasteiger partial charge is 0.346 e. The van der Waals surface area contributed by atoms with Crippen LogP contribution >= 0.6 is 0 Å². The number of carbonyl (C=O) groups excluding carboxylic acids is 1. The van der Waals surface area contributed by atoms with Gasteiger partial charge in [0.25, 0.3) is 6.17 Å². The molecule has 0 aromatic heterocycles. The van der Waals surface area contributed by atoms with Crippen LogP contribution in [0.4, 0.5) is 8.78 Å². The van der Waals surface area contributed by atoms with Gasteiger partial charge in [0, 0.05) is 0 Å². The number of aliphatic hydroxyl groups excluding tert-OH is 1. The molecule has 10 heavy (non-hydrogen) atoms. The summed E-state index contributed by atoms with van der Waals surface area (Å²) in [6.07, 6.45) is -5.38. The molecule has 3 nitrogen and oxygen atoms in total. The van der Waals surface area contributed by atoms with Crippen molar-refractivity contribution in [1.29, 1.82) is 0 Å². The van der Waals surface area contributed by atoms with Crippen molar-refractivity contribution in [2.24, 2.45) is 0 Å². The quantitative estimate of drug-likeness (QED) is 0.589. The van der Waals surface area contributed by atoms with Crippen molar-refractivity contribution in [3.8, 4) is 0 Å². The monoisotopic (exact) mass is 154 g/mol. The number of hydrogen-bond acceptors (Lipinski definition) is 3. The van der Waals surface area contributed by atoms with Crippen LogP contribution < -0.4 is 0 Å². The second-order valence-corrected chi connectivity index (χ2v) is 1.53. The molecule has 0 aromatic rings. The Hall–Kier alpha value is -0.710. The third-order valence-electron chi connectivity index (χ3n) is 0.753. The lowest BCUT2D eigenvalue weighted by Gasteiger charge is -2.05. The Kier molecular flexibility index (Phi) is 3.87. The van der Waals surface area contributed by atoms with E-state index in [2.05, 4.69) is 4.74 Å². The van der Waals surface area contributed by atoms with Crippen molar-refractivity contribution in [1.82, 2.24) is 0 Å². The van der Waals surface area contributed by atoms with E-state index in [9.17, 15) is 13.6 Å². The van der Waals surface area contributed by atoms with E-state index in [1.165, 1.54) is 6.92 Å². The summed E-state index contributed by atoms with van der Waals surface area (Å²) in [5, 5.41) is 7.88. The number of alkyl halides is 2. The third kappa shape index (κ3) is 2.72. The van der Waals surface area contributed by atoms with Crippen LogP contribution in [0, 0.1) is 0 Å². The Morgan fingerprint density at radius 2 is 2.20 bits per heavy atom. The molecule has 1 N–H and O–H groups in total. The third-order valence-corrected chi connectivity index (χ3v) is 0.753. The van der Waals surface area contributed by atoms with Gasteiger partial charge in [-0.25, -0.2) is 13.6 Å². The summed E-state index contributed by atoms with van der Waals surface area (Å²) >= 11 is 0. The molecule has 0 radical (unpaired) electrons. The highest BCUT2D eigenvalue weighted by atomic mass is 19.2. The van der Waals surface area contributed by atoms with E-state index < -0.39 is 18.5 Å². The fraction of sp³-hybridized carbons (Fsp3) is 0.800. The van der Waals surface area contributed by atoms with Crippen LogP contribution in [0.3, 0.4) is 0 Å². The molecular formula is C5H8F2O3. The van der Waals surface area contributed by atoms with Gasteiger partial charge >= 0.3 is 5.97 Å². The van der Waals surface area contributed by atoms with Gasteiger partial charge in [0.2, 0.25) is 6.36 Å². The van der Waals surface area contributed by atoms with Gasteiger partial charge in [-0.2, -0.15) is 0 Å². The SMILES string of the molecule is CCOC(=O)C(F)C(O)F. The molecule has 2 unspecified atom stereocenters. The fourth-order valence-electron chi connectivity index (χ4n) is 0.334. The number of ether oxygens (including phenoxy) is 1. The van der Waals surface area contributed by atoms with Crippen molar-refractivity contribution in [3.63, 3.8) is 0 Å². The van der Waals surface area contributed by atoms with Crippen molar-refractivity contribution in [2.45, 2.75) is 19.5 Å². The lowest BCUT2D eigenvalue weighted by molar-refractivity contribution is -0.158. The summed E-state index contributed by atoms with van der Waals surface area (Å²) in [6.45, 7) is 1.42. The molecular weight excluding hydrogens is 146 g/mol. The van der Waals surface area contributed by atoms with Crippen LogP contribution in [0.2, 0.25) is 0 Å². The molecule has 0 amide bonds. The molecule has 0 aliphatic rings. The minimum atomic E-state index is -2.79. The van der Waals surface area contributed by atoms with Crippen molar-refractivity contribution >= 4 is 5.97 Å². The standard InChI is InChI=1S/C5H8F2O3/c1-2-10-5(9)3(6)4(7)8/h3-4,8H,2H2,1H3. The molecule has 0 bridgehead atoms. The van der Waals surface area contributed by atoms with Crippen LogP contribution in [-0.2, 0) is 9.53 Å². The molecule has 0 spiro atoms. The van der Waals surface area contributed by atoms with E-state index in [0.717, 1.165) is 0 Å². The molecule has 0 fully saturated rings. The average Bonchev–Trinajstić information content (AvgIpc) is 1.87. The van der Waals surface area contributed by atoms with E-state index in [-0.39, 0.29) is 6.61 Å². The number of esters is 1. The Morgan fingerprint density at radius 1 is 1.70 bits per heavy atom. The second-order valence-electron chi connectivity index (χ2n) is 1.53. The summed E-state index contributed by atoms with van der Waals surface area (Å²) < 4.78 is 27.6. The zero-order chi connectivity index (χ0) is 8.15. The zero-order valence-corrected chi connectivity index (χ0v) is 5.38. The lowest BCUT2D eigenvalue weighted by Crippen LogP contribution is -2.28. The summed E-state index contributed by atoms with van der Waals surface area (Å²) in [5.74, 6) is -1.38. The Morgan fingerprint density at radius 3 is 2.50 bits per heavy atom.